The summed E-state index contributed by atoms with van der Waals surface area (Å²) >= 11 is 0. The molecule has 0 amide bonds. The molecule has 37 heavy (non-hydrogen) atoms. The van der Waals surface area contributed by atoms with Crippen molar-refractivity contribution in [2.24, 2.45) is 0 Å². The number of aromatic nitrogens is 6. The van der Waals surface area contributed by atoms with Crippen molar-refractivity contribution in [3.63, 3.8) is 0 Å². The zero-order valence-corrected chi connectivity index (χ0v) is 20.8. The van der Waals surface area contributed by atoms with E-state index in [1.807, 2.05) is 32.4 Å². The maximum absolute atomic E-state index is 14.6. The Balaban J connectivity index is 1.39. The number of fused-ring (bicyclic) bond motifs is 2. The molecule has 0 saturated heterocycles. The third-order valence-electron chi connectivity index (χ3n) is 6.55. The third-order valence-corrected chi connectivity index (χ3v) is 6.55. The van der Waals surface area contributed by atoms with Crippen LogP contribution in [-0.4, -0.2) is 75.3 Å². The van der Waals surface area contributed by atoms with E-state index in [2.05, 4.69) is 52.8 Å². The first-order valence-corrected chi connectivity index (χ1v) is 12.3. The minimum Gasteiger partial charge on any atom is -0.384 e. The number of likely N-dealkylation sites (N-methyl/N-ethyl adjacent to an activating group) is 1. The molecule has 0 bridgehead atoms. The number of aromatic amines is 2. The first-order valence-electron chi connectivity index (χ1n) is 12.3. The number of H-pyrrole nitrogens is 2. The molecule has 4 N–H and O–H groups in total. The number of rotatable bonds is 7. The van der Waals surface area contributed by atoms with Gasteiger partial charge in [0.1, 0.15) is 17.0 Å². The summed E-state index contributed by atoms with van der Waals surface area (Å²) in [6, 6.07) is 8.89. The van der Waals surface area contributed by atoms with Gasteiger partial charge in [0, 0.05) is 42.5 Å². The van der Waals surface area contributed by atoms with Crippen LogP contribution in [0.4, 0.5) is 10.1 Å². The first kappa shape index (κ1) is 23.3. The normalized spacial score (nSPS) is 14.0. The van der Waals surface area contributed by atoms with Gasteiger partial charge < -0.3 is 20.5 Å². The van der Waals surface area contributed by atoms with Crippen LogP contribution in [0.15, 0.2) is 48.8 Å². The van der Waals surface area contributed by atoms with Crippen LogP contribution in [0.1, 0.15) is 12.1 Å². The van der Waals surface area contributed by atoms with E-state index in [1.54, 1.807) is 6.20 Å². The molecule has 0 unspecified atom stereocenters. The summed E-state index contributed by atoms with van der Waals surface area (Å²) in [4.78, 5) is 19.4. The highest BCUT2D eigenvalue weighted by molar-refractivity contribution is 5.96. The average molecular weight is 498 g/mol. The summed E-state index contributed by atoms with van der Waals surface area (Å²) in [6.45, 7) is 3.34. The standard InChI is InChI=1S/C27H28FN9/c1-37(2)10-9-30-19-12-17(11-18(28)13-19)20-5-8-31-26-24(20)33-27(34-26)25-21-14-22(16-3-6-29-7-4-16)32-15-23(21)35-36-25/h3,5,8,11-15,29-30H,4,6-7,9-10H2,1-2H3,(H,35,36)(H,31,33,34). The fourth-order valence-corrected chi connectivity index (χ4v) is 4.65. The zero-order chi connectivity index (χ0) is 25.4. The van der Waals surface area contributed by atoms with Crippen LogP contribution in [0.25, 0.3) is 50.3 Å². The highest BCUT2D eigenvalue weighted by atomic mass is 19.1. The van der Waals surface area contributed by atoms with Gasteiger partial charge in [-0.2, -0.15) is 5.10 Å². The molecule has 1 aliphatic rings. The summed E-state index contributed by atoms with van der Waals surface area (Å²) in [5, 5.41) is 15.2. The Hall–Kier alpha value is -4.15. The van der Waals surface area contributed by atoms with Crippen molar-refractivity contribution in [2.75, 3.05) is 45.6 Å². The van der Waals surface area contributed by atoms with E-state index < -0.39 is 0 Å². The van der Waals surface area contributed by atoms with E-state index in [-0.39, 0.29) is 5.82 Å². The molecule has 0 atom stereocenters. The molecule has 1 aliphatic heterocycles. The lowest BCUT2D eigenvalue weighted by atomic mass is 10.0. The Bertz CT molecular complexity index is 1620. The van der Waals surface area contributed by atoms with Gasteiger partial charge in [-0.05, 0) is 68.5 Å². The van der Waals surface area contributed by atoms with Gasteiger partial charge in [0.15, 0.2) is 11.5 Å². The van der Waals surface area contributed by atoms with Gasteiger partial charge in [-0.25, -0.2) is 14.4 Å². The summed E-state index contributed by atoms with van der Waals surface area (Å²) in [5.74, 6) is 0.287. The van der Waals surface area contributed by atoms with E-state index in [1.165, 1.54) is 17.7 Å². The molecule has 4 aromatic heterocycles. The van der Waals surface area contributed by atoms with Crippen LogP contribution in [0, 0.1) is 5.82 Å². The third kappa shape index (κ3) is 4.68. The van der Waals surface area contributed by atoms with Gasteiger partial charge in [-0.3, -0.25) is 10.1 Å². The highest BCUT2D eigenvalue weighted by Crippen LogP contribution is 2.33. The highest BCUT2D eigenvalue weighted by Gasteiger charge is 2.18. The fourth-order valence-electron chi connectivity index (χ4n) is 4.65. The Kier molecular flexibility index (Phi) is 6.11. The van der Waals surface area contributed by atoms with Crippen molar-refractivity contribution in [1.82, 2.24) is 40.3 Å². The molecule has 0 saturated carbocycles. The maximum atomic E-state index is 14.6. The van der Waals surface area contributed by atoms with Crippen LogP contribution in [-0.2, 0) is 0 Å². The van der Waals surface area contributed by atoms with Crippen molar-refractivity contribution in [3.8, 4) is 22.6 Å². The smallest absolute Gasteiger partial charge is 0.160 e. The molecular formula is C27H28FN9. The molecular weight excluding hydrogens is 469 g/mol. The summed E-state index contributed by atoms with van der Waals surface area (Å²) in [6.07, 6.45) is 6.63. The predicted octanol–water partition coefficient (Wildman–Crippen LogP) is 4.05. The number of anilines is 1. The van der Waals surface area contributed by atoms with E-state index in [9.17, 15) is 4.39 Å². The number of pyridine rings is 2. The molecule has 9 nitrogen and oxygen atoms in total. The van der Waals surface area contributed by atoms with Gasteiger partial charge in [0.25, 0.3) is 0 Å². The second-order valence-electron chi connectivity index (χ2n) is 9.47. The van der Waals surface area contributed by atoms with Crippen molar-refractivity contribution in [3.05, 3.63) is 60.3 Å². The fraction of sp³-hybridized carbons (Fsp3) is 0.259. The number of nitrogens with zero attached hydrogens (tertiary/aromatic N) is 5. The van der Waals surface area contributed by atoms with Crippen molar-refractivity contribution in [1.29, 1.82) is 0 Å². The lowest BCUT2D eigenvalue weighted by molar-refractivity contribution is 0.425. The Morgan fingerprint density at radius 1 is 1.14 bits per heavy atom. The summed E-state index contributed by atoms with van der Waals surface area (Å²) < 4.78 is 14.6. The van der Waals surface area contributed by atoms with Gasteiger partial charge >= 0.3 is 0 Å². The van der Waals surface area contributed by atoms with E-state index in [0.717, 1.165) is 59.5 Å². The number of benzene rings is 1. The topological polar surface area (TPSA) is 110 Å². The Morgan fingerprint density at radius 2 is 2.05 bits per heavy atom. The predicted molar refractivity (Wildman–Crippen MR) is 145 cm³/mol. The van der Waals surface area contributed by atoms with Crippen LogP contribution in [0.5, 0.6) is 0 Å². The zero-order valence-electron chi connectivity index (χ0n) is 20.8. The van der Waals surface area contributed by atoms with Gasteiger partial charge in [-0.1, -0.05) is 6.08 Å². The minimum atomic E-state index is -0.309. The lowest BCUT2D eigenvalue weighted by Crippen LogP contribution is -2.20. The van der Waals surface area contributed by atoms with Gasteiger partial charge in [0.05, 0.1) is 17.4 Å². The lowest BCUT2D eigenvalue weighted by Gasteiger charge is -2.13. The summed E-state index contributed by atoms with van der Waals surface area (Å²) in [5.41, 5.74) is 7.23. The SMILES string of the molecule is CN(C)CCNc1cc(F)cc(-c2ccnc3[nH]c(-c4n[nH]c5cnc(C6=CCNCC6)cc45)nc23)c1. The van der Waals surface area contributed by atoms with Crippen LogP contribution in [0.2, 0.25) is 0 Å². The van der Waals surface area contributed by atoms with Gasteiger partial charge in [0.2, 0.25) is 0 Å². The number of nitrogens with one attached hydrogen (secondary N) is 4. The number of hydrogen-bond acceptors (Lipinski definition) is 7. The molecule has 0 spiro atoms. The summed E-state index contributed by atoms with van der Waals surface area (Å²) in [7, 11) is 4.01. The van der Waals surface area contributed by atoms with Crippen LogP contribution < -0.4 is 10.6 Å². The molecule has 5 heterocycles. The molecule has 10 heteroatoms. The maximum Gasteiger partial charge on any atom is 0.160 e. The number of imidazole rings is 1. The van der Waals surface area contributed by atoms with Crippen molar-refractivity contribution < 1.29 is 4.39 Å². The molecule has 1 aromatic carbocycles. The second-order valence-corrected chi connectivity index (χ2v) is 9.47. The molecule has 188 valence electrons. The minimum absolute atomic E-state index is 0.309. The average Bonchev–Trinajstić information content (AvgIpc) is 3.52. The molecule has 6 rings (SSSR count). The largest absolute Gasteiger partial charge is 0.384 e. The molecule has 0 radical (unpaired) electrons. The van der Waals surface area contributed by atoms with Crippen LogP contribution in [0.3, 0.4) is 0 Å². The van der Waals surface area contributed by atoms with E-state index in [0.29, 0.717) is 29.2 Å². The first-order chi connectivity index (χ1) is 18.0. The van der Waals surface area contributed by atoms with Crippen LogP contribution >= 0.6 is 0 Å². The van der Waals surface area contributed by atoms with E-state index in [4.69, 9.17) is 4.98 Å². The molecule has 5 aromatic rings. The number of halogens is 1. The van der Waals surface area contributed by atoms with E-state index >= 15 is 0 Å². The Morgan fingerprint density at radius 3 is 2.89 bits per heavy atom. The second kappa shape index (κ2) is 9.72. The quantitative estimate of drug-likeness (QED) is 0.268. The Labute approximate surface area is 213 Å². The monoisotopic (exact) mass is 497 g/mol. The van der Waals surface area contributed by atoms with Gasteiger partial charge in [-0.15, -0.1) is 0 Å². The molecule has 0 aliphatic carbocycles. The van der Waals surface area contributed by atoms with Crippen molar-refractivity contribution >= 4 is 33.3 Å². The van der Waals surface area contributed by atoms with Crippen molar-refractivity contribution in [2.45, 2.75) is 6.42 Å². The number of hydrogen-bond donors (Lipinski definition) is 4. The molecule has 0 fully saturated rings.